The number of aliphatic hydroxyl groups excluding tert-OH is 1. The average molecular weight is 238 g/mol. The Labute approximate surface area is 104 Å². The van der Waals surface area contributed by atoms with Crippen molar-refractivity contribution in [3.8, 4) is 0 Å². The molecule has 0 heterocycles. The van der Waals surface area contributed by atoms with E-state index in [1.54, 1.807) is 0 Å². The van der Waals surface area contributed by atoms with Crippen molar-refractivity contribution < 1.29 is 10.2 Å². The minimum Gasteiger partial charge on any atom is -0.390 e. The van der Waals surface area contributed by atoms with Gasteiger partial charge in [-0.3, -0.25) is 0 Å². The maximum atomic E-state index is 10.7. The zero-order chi connectivity index (χ0) is 12.6. The molecule has 2 heteroatoms. The number of fused-ring (bicyclic) bond motifs is 1. The van der Waals surface area contributed by atoms with Gasteiger partial charge in [-0.15, -0.1) is 0 Å². The summed E-state index contributed by atoms with van der Waals surface area (Å²) in [6, 6.07) is 0. The molecule has 0 aromatic heterocycles. The van der Waals surface area contributed by atoms with Gasteiger partial charge in [-0.1, -0.05) is 20.8 Å². The highest BCUT2D eigenvalue weighted by Crippen LogP contribution is 2.73. The highest BCUT2D eigenvalue weighted by atomic mass is 16.3. The summed E-state index contributed by atoms with van der Waals surface area (Å²) in [5.41, 5.74) is -0.402. The van der Waals surface area contributed by atoms with Crippen molar-refractivity contribution in [3.05, 3.63) is 0 Å². The van der Waals surface area contributed by atoms with Crippen molar-refractivity contribution in [1.82, 2.24) is 0 Å². The molecular formula is C15H26O2. The Morgan fingerprint density at radius 1 is 1.00 bits per heavy atom. The van der Waals surface area contributed by atoms with Gasteiger partial charge in [-0.05, 0) is 61.2 Å². The normalized spacial score (nSPS) is 60.4. The summed E-state index contributed by atoms with van der Waals surface area (Å²) < 4.78 is 0. The van der Waals surface area contributed by atoms with Crippen molar-refractivity contribution in [2.24, 2.45) is 28.6 Å². The third kappa shape index (κ3) is 1.19. The molecule has 2 nitrogen and oxygen atoms in total. The molecule has 17 heavy (non-hydrogen) atoms. The van der Waals surface area contributed by atoms with E-state index in [1.807, 2.05) is 6.92 Å². The topological polar surface area (TPSA) is 40.5 Å². The summed E-state index contributed by atoms with van der Waals surface area (Å²) in [7, 11) is 0. The molecule has 0 radical (unpaired) electrons. The van der Waals surface area contributed by atoms with E-state index in [2.05, 4.69) is 20.8 Å². The van der Waals surface area contributed by atoms with Crippen molar-refractivity contribution in [1.29, 1.82) is 0 Å². The molecule has 2 N–H and O–H groups in total. The van der Waals surface area contributed by atoms with Gasteiger partial charge < -0.3 is 10.2 Å². The van der Waals surface area contributed by atoms with Gasteiger partial charge in [0.2, 0.25) is 0 Å². The van der Waals surface area contributed by atoms with Gasteiger partial charge in [-0.25, -0.2) is 0 Å². The van der Waals surface area contributed by atoms with E-state index in [-0.39, 0.29) is 11.3 Å². The first-order valence-corrected chi connectivity index (χ1v) is 7.13. The third-order valence-corrected chi connectivity index (χ3v) is 6.90. The molecule has 98 valence electrons. The van der Waals surface area contributed by atoms with Crippen molar-refractivity contribution in [2.75, 3.05) is 0 Å². The predicted octanol–water partition coefficient (Wildman–Crippen LogP) is 2.58. The third-order valence-electron chi connectivity index (χ3n) is 6.90. The van der Waals surface area contributed by atoms with E-state index in [0.717, 1.165) is 12.8 Å². The van der Waals surface area contributed by atoms with Gasteiger partial charge in [0.1, 0.15) is 0 Å². The molecule has 2 unspecified atom stereocenters. The van der Waals surface area contributed by atoms with Crippen LogP contribution in [0, 0.1) is 28.6 Å². The molecular weight excluding hydrogens is 212 g/mol. The quantitative estimate of drug-likeness (QED) is 0.681. The highest BCUT2D eigenvalue weighted by molar-refractivity contribution is 5.19. The first kappa shape index (κ1) is 12.0. The summed E-state index contributed by atoms with van der Waals surface area (Å²) in [6.45, 7) is 8.83. The second-order valence-corrected chi connectivity index (χ2v) is 7.79. The number of hydrogen-bond donors (Lipinski definition) is 2. The fraction of sp³-hybridized carbons (Fsp3) is 1.00. The maximum Gasteiger partial charge on any atom is 0.0911 e. The van der Waals surface area contributed by atoms with Crippen LogP contribution < -0.4 is 0 Å². The van der Waals surface area contributed by atoms with E-state index in [9.17, 15) is 10.2 Å². The van der Waals surface area contributed by atoms with Gasteiger partial charge in [0.25, 0.3) is 0 Å². The van der Waals surface area contributed by atoms with Crippen LogP contribution in [0.3, 0.4) is 0 Å². The van der Waals surface area contributed by atoms with Gasteiger partial charge in [0, 0.05) is 0 Å². The first-order chi connectivity index (χ1) is 7.73. The fourth-order valence-corrected chi connectivity index (χ4v) is 5.86. The Balaban J connectivity index is 2.10. The van der Waals surface area contributed by atoms with E-state index in [0.29, 0.717) is 17.3 Å². The van der Waals surface area contributed by atoms with Crippen LogP contribution >= 0.6 is 0 Å². The predicted molar refractivity (Wildman–Crippen MR) is 67.5 cm³/mol. The standard InChI is InChI=1S/C15H26O2/c1-9-5-6-10-13(2,3)11-7-15(9,10)8-12(16)14(11,4)17/h9-12,16-17H,5-8H2,1-4H3/t9-,10-,11+,12?,14?,15+/m0/s1. The van der Waals surface area contributed by atoms with Crippen molar-refractivity contribution in [3.63, 3.8) is 0 Å². The number of hydrogen-bond acceptors (Lipinski definition) is 2. The minimum absolute atomic E-state index is 0.172. The molecule has 6 atom stereocenters. The van der Waals surface area contributed by atoms with Gasteiger partial charge >= 0.3 is 0 Å². The van der Waals surface area contributed by atoms with Crippen LogP contribution in [0.25, 0.3) is 0 Å². The molecule has 3 saturated carbocycles. The molecule has 1 spiro atoms. The van der Waals surface area contributed by atoms with Crippen LogP contribution in [-0.4, -0.2) is 21.9 Å². The molecule has 0 aromatic rings. The Kier molecular flexibility index (Phi) is 2.17. The van der Waals surface area contributed by atoms with Crippen molar-refractivity contribution in [2.45, 2.75) is 65.1 Å². The summed E-state index contributed by atoms with van der Waals surface area (Å²) in [6.07, 6.45) is 3.98. The van der Waals surface area contributed by atoms with Crippen LogP contribution in [0.1, 0.15) is 53.4 Å². The lowest BCUT2D eigenvalue weighted by Crippen LogP contribution is -2.53. The summed E-state index contributed by atoms with van der Waals surface area (Å²) >= 11 is 0. The fourth-order valence-electron chi connectivity index (χ4n) is 5.86. The Morgan fingerprint density at radius 2 is 1.65 bits per heavy atom. The lowest BCUT2D eigenvalue weighted by atomic mass is 9.63. The van der Waals surface area contributed by atoms with E-state index < -0.39 is 11.7 Å². The number of rotatable bonds is 0. The van der Waals surface area contributed by atoms with Gasteiger partial charge in [-0.2, -0.15) is 0 Å². The smallest absolute Gasteiger partial charge is 0.0911 e. The summed E-state index contributed by atoms with van der Waals surface area (Å²) in [5.74, 6) is 1.66. The van der Waals surface area contributed by atoms with E-state index in [4.69, 9.17) is 0 Å². The molecule has 0 amide bonds. The zero-order valence-corrected chi connectivity index (χ0v) is 11.5. The average Bonchev–Trinajstić information content (AvgIpc) is 2.61. The largest absolute Gasteiger partial charge is 0.390 e. The molecule has 0 saturated heterocycles. The van der Waals surface area contributed by atoms with Crippen LogP contribution in [0.2, 0.25) is 0 Å². The molecule has 2 bridgehead atoms. The number of aliphatic hydroxyl groups is 2. The SMILES string of the molecule is C[C@H]1CC[C@H]2C(C)(C)[C@H]3C[C@@]12CC(O)C3(C)O. The molecule has 0 aromatic carbocycles. The van der Waals surface area contributed by atoms with Crippen molar-refractivity contribution >= 4 is 0 Å². The van der Waals surface area contributed by atoms with Crippen LogP contribution in [0.5, 0.6) is 0 Å². The van der Waals surface area contributed by atoms with Gasteiger partial charge in [0.05, 0.1) is 11.7 Å². The lowest BCUT2D eigenvalue weighted by Gasteiger charge is -2.47. The summed E-state index contributed by atoms with van der Waals surface area (Å²) in [4.78, 5) is 0. The second-order valence-electron chi connectivity index (χ2n) is 7.79. The first-order valence-electron chi connectivity index (χ1n) is 7.13. The molecule has 3 rings (SSSR count). The Hall–Kier alpha value is -0.0800. The van der Waals surface area contributed by atoms with Crippen LogP contribution in [-0.2, 0) is 0 Å². The minimum atomic E-state index is -0.890. The molecule has 3 aliphatic rings. The molecule has 0 aliphatic heterocycles. The Morgan fingerprint density at radius 3 is 2.29 bits per heavy atom. The van der Waals surface area contributed by atoms with Gasteiger partial charge in [0.15, 0.2) is 0 Å². The monoisotopic (exact) mass is 238 g/mol. The van der Waals surface area contributed by atoms with E-state index in [1.165, 1.54) is 12.8 Å². The van der Waals surface area contributed by atoms with Crippen LogP contribution in [0.15, 0.2) is 0 Å². The summed E-state index contributed by atoms with van der Waals surface area (Å²) in [5, 5.41) is 21.0. The second kappa shape index (κ2) is 3.08. The molecule has 3 aliphatic carbocycles. The molecule has 3 fully saturated rings. The zero-order valence-electron chi connectivity index (χ0n) is 11.5. The van der Waals surface area contributed by atoms with Crippen LogP contribution in [0.4, 0.5) is 0 Å². The maximum absolute atomic E-state index is 10.7. The lowest BCUT2D eigenvalue weighted by molar-refractivity contribution is -0.153. The Bertz CT molecular complexity index is 347. The highest BCUT2D eigenvalue weighted by Gasteiger charge is 2.70. The van der Waals surface area contributed by atoms with E-state index >= 15 is 0 Å².